The molecular formula is C13H23F3N2O. The van der Waals surface area contributed by atoms with E-state index >= 15 is 0 Å². The molecule has 1 aliphatic rings. The summed E-state index contributed by atoms with van der Waals surface area (Å²) in [6.45, 7) is 3.10. The van der Waals surface area contributed by atoms with Gasteiger partial charge in [-0.1, -0.05) is 6.92 Å². The van der Waals surface area contributed by atoms with E-state index in [-0.39, 0.29) is 31.8 Å². The van der Waals surface area contributed by atoms with Crippen molar-refractivity contribution in [1.29, 1.82) is 0 Å². The van der Waals surface area contributed by atoms with Gasteiger partial charge in [0.2, 0.25) is 5.91 Å². The number of hydrogen-bond acceptors (Lipinski definition) is 2. The molecule has 3 nitrogen and oxygen atoms in total. The van der Waals surface area contributed by atoms with E-state index in [0.29, 0.717) is 18.9 Å². The molecule has 1 fully saturated rings. The minimum atomic E-state index is -4.12. The van der Waals surface area contributed by atoms with Gasteiger partial charge in [0.05, 0.1) is 5.92 Å². The van der Waals surface area contributed by atoms with E-state index in [1.54, 1.807) is 4.90 Å². The van der Waals surface area contributed by atoms with Gasteiger partial charge in [-0.05, 0) is 38.1 Å². The molecule has 0 aromatic heterocycles. The molecular weight excluding hydrogens is 257 g/mol. The molecule has 1 unspecified atom stereocenters. The lowest BCUT2D eigenvalue weighted by atomic mass is 9.95. The second kappa shape index (κ2) is 7.12. The van der Waals surface area contributed by atoms with Gasteiger partial charge in [0.15, 0.2) is 0 Å². The summed E-state index contributed by atoms with van der Waals surface area (Å²) in [5.41, 5.74) is 5.43. The SMILES string of the molecule is CC(CCN)CCC(=O)N1CCC(C(F)(F)F)CC1. The monoisotopic (exact) mass is 280 g/mol. The lowest BCUT2D eigenvalue weighted by Gasteiger charge is -2.33. The fourth-order valence-corrected chi connectivity index (χ4v) is 2.41. The zero-order valence-corrected chi connectivity index (χ0v) is 11.4. The average Bonchev–Trinajstić information content (AvgIpc) is 2.35. The van der Waals surface area contributed by atoms with Gasteiger partial charge >= 0.3 is 6.18 Å². The van der Waals surface area contributed by atoms with Crippen LogP contribution >= 0.6 is 0 Å². The van der Waals surface area contributed by atoms with Crippen LogP contribution in [-0.2, 0) is 4.79 Å². The molecule has 0 radical (unpaired) electrons. The highest BCUT2D eigenvalue weighted by Gasteiger charge is 2.41. The Balaban J connectivity index is 2.29. The Hall–Kier alpha value is -0.780. The van der Waals surface area contributed by atoms with Crippen LogP contribution in [-0.4, -0.2) is 36.6 Å². The van der Waals surface area contributed by atoms with Crippen LogP contribution in [0.3, 0.4) is 0 Å². The van der Waals surface area contributed by atoms with Crippen molar-refractivity contribution < 1.29 is 18.0 Å². The second-order valence-corrected chi connectivity index (χ2v) is 5.42. The summed E-state index contributed by atoms with van der Waals surface area (Å²) in [5.74, 6) is -0.876. The molecule has 112 valence electrons. The smallest absolute Gasteiger partial charge is 0.343 e. The number of nitrogens with zero attached hydrogens (tertiary/aromatic N) is 1. The lowest BCUT2D eigenvalue weighted by Crippen LogP contribution is -2.42. The van der Waals surface area contributed by atoms with Crippen LogP contribution in [0.4, 0.5) is 13.2 Å². The number of carbonyl (C=O) groups is 1. The van der Waals surface area contributed by atoms with Crippen molar-refractivity contribution in [2.24, 2.45) is 17.6 Å². The van der Waals surface area contributed by atoms with Gasteiger partial charge in [-0.3, -0.25) is 4.79 Å². The Labute approximate surface area is 112 Å². The highest BCUT2D eigenvalue weighted by Crippen LogP contribution is 2.34. The standard InChI is InChI=1S/C13H23F3N2O/c1-10(4-7-17)2-3-12(19)18-8-5-11(6-9-18)13(14,15)16/h10-11H,2-9,17H2,1H3. The number of likely N-dealkylation sites (tertiary alicyclic amines) is 1. The van der Waals surface area contributed by atoms with Gasteiger partial charge in [-0.2, -0.15) is 13.2 Å². The number of rotatable bonds is 5. The zero-order chi connectivity index (χ0) is 14.5. The van der Waals surface area contributed by atoms with Crippen LogP contribution in [0.25, 0.3) is 0 Å². The van der Waals surface area contributed by atoms with E-state index in [1.807, 2.05) is 6.92 Å². The number of carbonyl (C=O) groups excluding carboxylic acids is 1. The third-order valence-electron chi connectivity index (χ3n) is 3.82. The topological polar surface area (TPSA) is 46.3 Å². The normalized spacial score (nSPS) is 19.5. The molecule has 0 aromatic rings. The van der Waals surface area contributed by atoms with Crippen LogP contribution in [0.5, 0.6) is 0 Å². The Morgan fingerprint density at radius 3 is 2.37 bits per heavy atom. The molecule has 1 amide bonds. The highest BCUT2D eigenvalue weighted by molar-refractivity contribution is 5.76. The van der Waals surface area contributed by atoms with Crippen molar-refractivity contribution in [2.75, 3.05) is 19.6 Å². The highest BCUT2D eigenvalue weighted by atomic mass is 19.4. The molecule has 2 N–H and O–H groups in total. The van der Waals surface area contributed by atoms with Crippen LogP contribution in [0.2, 0.25) is 0 Å². The fourth-order valence-electron chi connectivity index (χ4n) is 2.41. The molecule has 0 aliphatic carbocycles. The van der Waals surface area contributed by atoms with Crippen LogP contribution in [0, 0.1) is 11.8 Å². The van der Waals surface area contributed by atoms with E-state index in [4.69, 9.17) is 5.73 Å². The first-order chi connectivity index (χ1) is 8.84. The Kier molecular flexibility index (Phi) is 6.10. The molecule has 19 heavy (non-hydrogen) atoms. The third kappa shape index (κ3) is 5.38. The first-order valence-corrected chi connectivity index (χ1v) is 6.89. The van der Waals surface area contributed by atoms with Gasteiger partial charge in [-0.15, -0.1) is 0 Å². The molecule has 0 aromatic carbocycles. The first-order valence-electron chi connectivity index (χ1n) is 6.89. The molecule has 1 heterocycles. The summed E-state index contributed by atoms with van der Waals surface area (Å²) >= 11 is 0. The summed E-state index contributed by atoms with van der Waals surface area (Å²) in [5, 5.41) is 0. The predicted molar refractivity (Wildman–Crippen MR) is 67.4 cm³/mol. The Bertz CT molecular complexity index is 286. The second-order valence-electron chi connectivity index (χ2n) is 5.42. The minimum absolute atomic E-state index is 0.0236. The maximum atomic E-state index is 12.5. The predicted octanol–water partition coefficient (Wildman–Crippen LogP) is 2.55. The number of hydrogen-bond donors (Lipinski definition) is 1. The molecule has 0 bridgehead atoms. The largest absolute Gasteiger partial charge is 0.391 e. The van der Waals surface area contributed by atoms with Crippen molar-refractivity contribution in [3.8, 4) is 0 Å². The van der Waals surface area contributed by atoms with Gasteiger partial charge in [-0.25, -0.2) is 0 Å². The summed E-state index contributed by atoms with van der Waals surface area (Å²) in [7, 11) is 0. The summed E-state index contributed by atoms with van der Waals surface area (Å²) < 4.78 is 37.5. The van der Waals surface area contributed by atoms with Crippen molar-refractivity contribution in [1.82, 2.24) is 4.90 Å². The molecule has 1 rings (SSSR count). The molecule has 1 atom stereocenters. The molecule has 0 saturated carbocycles. The van der Waals surface area contributed by atoms with E-state index in [9.17, 15) is 18.0 Å². The quantitative estimate of drug-likeness (QED) is 0.841. The maximum absolute atomic E-state index is 12.5. The van der Waals surface area contributed by atoms with E-state index in [2.05, 4.69) is 0 Å². The molecule has 1 aliphatic heterocycles. The van der Waals surface area contributed by atoms with Crippen molar-refractivity contribution in [3.05, 3.63) is 0 Å². The lowest BCUT2D eigenvalue weighted by molar-refractivity contribution is -0.186. The number of amides is 1. The number of halogens is 3. The third-order valence-corrected chi connectivity index (χ3v) is 3.82. The maximum Gasteiger partial charge on any atom is 0.391 e. The Morgan fingerprint density at radius 1 is 1.32 bits per heavy atom. The number of nitrogens with two attached hydrogens (primary N) is 1. The van der Waals surface area contributed by atoms with Gasteiger partial charge < -0.3 is 10.6 Å². The van der Waals surface area contributed by atoms with Crippen molar-refractivity contribution in [2.45, 2.75) is 45.2 Å². The van der Waals surface area contributed by atoms with Crippen molar-refractivity contribution in [3.63, 3.8) is 0 Å². The van der Waals surface area contributed by atoms with Crippen LogP contribution < -0.4 is 5.73 Å². The van der Waals surface area contributed by atoms with Gasteiger partial charge in [0.25, 0.3) is 0 Å². The van der Waals surface area contributed by atoms with Crippen molar-refractivity contribution >= 4 is 5.91 Å². The fraction of sp³-hybridized carbons (Fsp3) is 0.923. The van der Waals surface area contributed by atoms with Gasteiger partial charge in [0.1, 0.15) is 0 Å². The van der Waals surface area contributed by atoms with E-state index in [1.165, 1.54) is 0 Å². The number of alkyl halides is 3. The van der Waals surface area contributed by atoms with Gasteiger partial charge in [0, 0.05) is 19.5 Å². The van der Waals surface area contributed by atoms with Crippen LogP contribution in [0.15, 0.2) is 0 Å². The summed E-state index contributed by atoms with van der Waals surface area (Å²) in [4.78, 5) is 13.4. The first kappa shape index (κ1) is 16.3. The minimum Gasteiger partial charge on any atom is -0.343 e. The summed E-state index contributed by atoms with van der Waals surface area (Å²) in [6.07, 6.45) is -2.00. The van der Waals surface area contributed by atoms with E-state index in [0.717, 1.165) is 12.8 Å². The molecule has 1 saturated heterocycles. The Morgan fingerprint density at radius 2 is 1.89 bits per heavy atom. The molecule has 6 heteroatoms. The average molecular weight is 280 g/mol. The van der Waals surface area contributed by atoms with Crippen LogP contribution in [0.1, 0.15) is 39.0 Å². The summed E-state index contributed by atoms with van der Waals surface area (Å²) in [6, 6.07) is 0. The number of piperidine rings is 1. The van der Waals surface area contributed by atoms with E-state index < -0.39 is 12.1 Å². The zero-order valence-electron chi connectivity index (χ0n) is 11.4. The molecule has 0 spiro atoms.